The summed E-state index contributed by atoms with van der Waals surface area (Å²) in [5.74, 6) is -2.60. The molecule has 1 atom stereocenters. The number of rotatable bonds is 4. The summed E-state index contributed by atoms with van der Waals surface area (Å²) in [7, 11) is 1.26. The lowest BCUT2D eigenvalue weighted by Crippen LogP contribution is -2.29. The van der Waals surface area contributed by atoms with Crippen molar-refractivity contribution in [3.63, 3.8) is 0 Å². The Labute approximate surface area is 198 Å². The van der Waals surface area contributed by atoms with E-state index in [0.29, 0.717) is 21.8 Å². The second-order valence-electron chi connectivity index (χ2n) is 7.49. The number of aryl methyl sites for hydroxylation is 2. The smallest absolute Gasteiger partial charge is 0.350 e. The number of anilines is 1. The van der Waals surface area contributed by atoms with E-state index in [1.54, 1.807) is 43.3 Å². The topological polar surface area (TPSA) is 96.8 Å². The molecule has 9 heteroatoms. The molecule has 0 spiro atoms. The molecule has 2 heterocycles. The number of methoxy groups -OCH3 is 1. The molecule has 0 aliphatic carbocycles. The molecule has 1 N–H and O–H groups in total. The molecule has 0 saturated carbocycles. The fraction of sp³-hybridized carbons (Fsp3) is 0.167. The number of hydrogen-bond donors (Lipinski definition) is 1. The van der Waals surface area contributed by atoms with Gasteiger partial charge in [-0.25, -0.2) is 9.78 Å². The van der Waals surface area contributed by atoms with Gasteiger partial charge in [0, 0.05) is 10.6 Å². The van der Waals surface area contributed by atoms with Crippen LogP contribution in [0.4, 0.5) is 5.13 Å². The maximum absolute atomic E-state index is 13.2. The van der Waals surface area contributed by atoms with E-state index in [9.17, 15) is 19.5 Å². The van der Waals surface area contributed by atoms with Gasteiger partial charge in [0.15, 0.2) is 5.13 Å². The van der Waals surface area contributed by atoms with Gasteiger partial charge in [0.1, 0.15) is 10.6 Å². The summed E-state index contributed by atoms with van der Waals surface area (Å²) >= 11 is 6.91. The van der Waals surface area contributed by atoms with Crippen LogP contribution >= 0.6 is 22.9 Å². The third-order valence-corrected chi connectivity index (χ3v) is 6.71. The zero-order chi connectivity index (χ0) is 23.9. The fourth-order valence-electron chi connectivity index (χ4n) is 3.62. The molecule has 1 amide bonds. The molecule has 0 radical (unpaired) electrons. The quantitative estimate of drug-likeness (QED) is 0.248. The molecule has 33 heavy (non-hydrogen) atoms. The molecular weight excluding hydrogens is 464 g/mol. The number of aromatic nitrogens is 1. The Kier molecular flexibility index (Phi) is 6.05. The predicted octanol–water partition coefficient (Wildman–Crippen LogP) is 4.83. The van der Waals surface area contributed by atoms with E-state index in [4.69, 9.17) is 16.3 Å². The van der Waals surface area contributed by atoms with Crippen LogP contribution in [0.25, 0.3) is 5.76 Å². The summed E-state index contributed by atoms with van der Waals surface area (Å²) in [5.41, 5.74) is 2.26. The second-order valence-corrected chi connectivity index (χ2v) is 8.90. The molecule has 1 aliphatic heterocycles. The highest BCUT2D eigenvalue weighted by molar-refractivity contribution is 7.17. The lowest BCUT2D eigenvalue weighted by atomic mass is 9.95. The zero-order valence-corrected chi connectivity index (χ0v) is 19.5. The Hall–Kier alpha value is -3.49. The number of benzene rings is 2. The number of aliphatic hydroxyl groups excluding tert-OH is 1. The average molecular weight is 483 g/mol. The summed E-state index contributed by atoms with van der Waals surface area (Å²) < 4.78 is 4.79. The van der Waals surface area contributed by atoms with Gasteiger partial charge in [-0.15, -0.1) is 0 Å². The highest BCUT2D eigenvalue weighted by Gasteiger charge is 2.48. The minimum absolute atomic E-state index is 0.0707. The maximum atomic E-state index is 13.2. The van der Waals surface area contributed by atoms with Crippen molar-refractivity contribution >= 4 is 51.5 Å². The van der Waals surface area contributed by atoms with E-state index >= 15 is 0 Å². The van der Waals surface area contributed by atoms with Crippen LogP contribution in [0.1, 0.15) is 38.1 Å². The van der Waals surface area contributed by atoms with Gasteiger partial charge in [0.2, 0.25) is 0 Å². The van der Waals surface area contributed by atoms with Gasteiger partial charge in [0.25, 0.3) is 5.78 Å². The normalized spacial score (nSPS) is 17.5. The van der Waals surface area contributed by atoms with E-state index in [0.717, 1.165) is 16.9 Å². The number of halogens is 1. The Morgan fingerprint density at radius 1 is 1.09 bits per heavy atom. The lowest BCUT2D eigenvalue weighted by Gasteiger charge is -2.23. The summed E-state index contributed by atoms with van der Waals surface area (Å²) in [5, 5.41) is 11.7. The third kappa shape index (κ3) is 4.03. The van der Waals surface area contributed by atoms with Crippen molar-refractivity contribution in [3.8, 4) is 0 Å². The minimum Gasteiger partial charge on any atom is -0.507 e. The van der Waals surface area contributed by atoms with Crippen molar-refractivity contribution in [2.45, 2.75) is 19.9 Å². The Morgan fingerprint density at radius 3 is 2.33 bits per heavy atom. The second kappa shape index (κ2) is 8.80. The minimum atomic E-state index is -0.933. The number of thiazole rings is 1. The van der Waals surface area contributed by atoms with Crippen molar-refractivity contribution in [2.24, 2.45) is 0 Å². The third-order valence-electron chi connectivity index (χ3n) is 5.32. The van der Waals surface area contributed by atoms with Gasteiger partial charge in [-0.2, -0.15) is 0 Å². The SMILES string of the molecule is COC(=O)c1sc(N2C(=O)C(=O)/C(=C(/O)c3ccc(Cl)cc3)[C@H]2c2ccc(C)cc2)nc1C. The van der Waals surface area contributed by atoms with Crippen molar-refractivity contribution in [1.29, 1.82) is 0 Å². The van der Waals surface area contributed by atoms with Crippen molar-refractivity contribution in [3.05, 3.63) is 86.4 Å². The van der Waals surface area contributed by atoms with E-state index in [-0.39, 0.29) is 21.3 Å². The maximum Gasteiger partial charge on any atom is 0.350 e. The summed E-state index contributed by atoms with van der Waals surface area (Å²) in [6.07, 6.45) is 0. The largest absolute Gasteiger partial charge is 0.507 e. The Balaban J connectivity index is 1.93. The first kappa shape index (κ1) is 22.7. The van der Waals surface area contributed by atoms with Crippen LogP contribution in [-0.2, 0) is 14.3 Å². The van der Waals surface area contributed by atoms with Crippen LogP contribution in [0.2, 0.25) is 5.02 Å². The number of hydrogen-bond acceptors (Lipinski definition) is 7. The first-order chi connectivity index (χ1) is 15.7. The van der Waals surface area contributed by atoms with Gasteiger partial charge in [-0.3, -0.25) is 14.5 Å². The summed E-state index contributed by atoms with van der Waals surface area (Å²) in [4.78, 5) is 44.2. The molecule has 1 aromatic heterocycles. The van der Waals surface area contributed by atoms with Crippen molar-refractivity contribution < 1.29 is 24.2 Å². The first-order valence-corrected chi connectivity index (χ1v) is 11.1. The number of ketones is 1. The van der Waals surface area contributed by atoms with Gasteiger partial charge < -0.3 is 9.84 Å². The molecule has 1 fully saturated rings. The average Bonchev–Trinajstić information content (AvgIpc) is 3.31. The fourth-order valence-corrected chi connectivity index (χ4v) is 4.76. The number of ether oxygens (including phenoxy) is 1. The number of carbonyl (C=O) groups is 3. The molecule has 4 rings (SSSR count). The molecule has 2 aromatic carbocycles. The molecule has 1 aliphatic rings. The molecule has 7 nitrogen and oxygen atoms in total. The standard InChI is InChI=1S/C24H19ClN2O5S/c1-12-4-6-14(7-5-12)18-17(19(28)15-8-10-16(25)11-9-15)20(29)22(30)27(18)24-26-13(2)21(33-24)23(31)32-3/h4-11,18,28H,1-3H3/b19-17+/t18-/m1/s1. The van der Waals surface area contributed by atoms with E-state index in [2.05, 4.69) is 4.98 Å². The molecular formula is C24H19ClN2O5S. The number of carbonyl (C=O) groups excluding carboxylic acids is 3. The van der Waals surface area contributed by atoms with Gasteiger partial charge in [0.05, 0.1) is 24.4 Å². The lowest BCUT2D eigenvalue weighted by molar-refractivity contribution is -0.132. The first-order valence-electron chi connectivity index (χ1n) is 9.92. The van der Waals surface area contributed by atoms with Crippen LogP contribution in [0.5, 0.6) is 0 Å². The summed E-state index contributed by atoms with van der Waals surface area (Å²) in [6.45, 7) is 3.54. The van der Waals surface area contributed by atoms with Crippen LogP contribution in [0, 0.1) is 13.8 Å². The molecule has 168 valence electrons. The summed E-state index contributed by atoms with van der Waals surface area (Å²) in [6, 6.07) is 12.7. The van der Waals surface area contributed by atoms with Crippen molar-refractivity contribution in [1.82, 2.24) is 4.98 Å². The van der Waals surface area contributed by atoms with Crippen LogP contribution in [0.3, 0.4) is 0 Å². The molecule has 3 aromatic rings. The van der Waals surface area contributed by atoms with E-state index < -0.39 is 23.7 Å². The monoisotopic (exact) mass is 482 g/mol. The molecule has 1 saturated heterocycles. The van der Waals surface area contributed by atoms with E-state index in [1.807, 2.05) is 19.1 Å². The number of aliphatic hydroxyl groups is 1. The van der Waals surface area contributed by atoms with Gasteiger partial charge in [-0.1, -0.05) is 52.8 Å². The van der Waals surface area contributed by atoms with Crippen molar-refractivity contribution in [2.75, 3.05) is 12.0 Å². The Bertz CT molecular complexity index is 1300. The van der Waals surface area contributed by atoms with Gasteiger partial charge in [-0.05, 0) is 43.7 Å². The number of nitrogens with zero attached hydrogens (tertiary/aromatic N) is 2. The molecule has 0 bridgehead atoms. The highest BCUT2D eigenvalue weighted by Crippen LogP contribution is 2.44. The van der Waals surface area contributed by atoms with Crippen LogP contribution in [-0.4, -0.2) is 34.9 Å². The van der Waals surface area contributed by atoms with Gasteiger partial charge >= 0.3 is 11.9 Å². The number of esters is 1. The Morgan fingerprint density at radius 2 is 1.73 bits per heavy atom. The predicted molar refractivity (Wildman–Crippen MR) is 126 cm³/mol. The highest BCUT2D eigenvalue weighted by atomic mass is 35.5. The molecule has 0 unspecified atom stereocenters. The number of amides is 1. The van der Waals surface area contributed by atoms with Crippen LogP contribution < -0.4 is 4.90 Å². The number of Topliss-reactive ketones (excluding diaryl/α,β-unsaturated/α-hetero) is 1. The van der Waals surface area contributed by atoms with E-state index in [1.165, 1.54) is 12.0 Å². The van der Waals surface area contributed by atoms with Crippen LogP contribution in [0.15, 0.2) is 54.1 Å². The zero-order valence-electron chi connectivity index (χ0n) is 18.0.